The first kappa shape index (κ1) is 27.8. The van der Waals surface area contributed by atoms with E-state index >= 15 is 0 Å². The average molecular weight is 538 g/mol. The minimum Gasteiger partial charge on any atom is -0.465 e. The van der Waals surface area contributed by atoms with Crippen LogP contribution in [0.1, 0.15) is 33.7 Å². The molecule has 0 aliphatic carbocycles. The second-order valence-electron chi connectivity index (χ2n) is 9.30. The Morgan fingerprint density at radius 3 is 1.73 bits per heavy atom. The Hall–Kier alpha value is -5.18. The van der Waals surface area contributed by atoms with E-state index in [1.165, 1.54) is 0 Å². The van der Waals surface area contributed by atoms with Gasteiger partial charge in [0, 0.05) is 25.7 Å². The number of nitrogens with two attached hydrogens (primary N) is 1. The highest BCUT2D eigenvalue weighted by atomic mass is 16.4. The fourth-order valence-corrected chi connectivity index (χ4v) is 4.31. The number of pyridine rings is 1. The summed E-state index contributed by atoms with van der Waals surface area (Å²) in [6, 6.07) is 28.7. The Labute approximate surface area is 232 Å². The lowest BCUT2D eigenvalue weighted by atomic mass is 9.90. The van der Waals surface area contributed by atoms with E-state index in [1.807, 2.05) is 72.8 Å². The molecule has 0 aliphatic heterocycles. The van der Waals surface area contributed by atoms with E-state index < -0.39 is 18.1 Å². The first-order chi connectivity index (χ1) is 19.4. The van der Waals surface area contributed by atoms with Gasteiger partial charge in [-0.3, -0.25) is 9.59 Å². The topological polar surface area (TPSA) is 146 Å². The molecule has 0 fully saturated rings. The average Bonchev–Trinajstić information content (AvgIpc) is 2.97. The van der Waals surface area contributed by atoms with E-state index in [0.717, 1.165) is 27.8 Å². The molecule has 0 spiro atoms. The third kappa shape index (κ3) is 7.91. The van der Waals surface area contributed by atoms with Crippen molar-refractivity contribution >= 4 is 23.7 Å². The van der Waals surface area contributed by atoms with Crippen LogP contribution in [0.5, 0.6) is 0 Å². The Kier molecular flexibility index (Phi) is 9.44. The molecule has 9 heteroatoms. The summed E-state index contributed by atoms with van der Waals surface area (Å²) in [6.07, 6.45) is 0.723. The third-order valence-electron chi connectivity index (χ3n) is 6.38. The second kappa shape index (κ2) is 13.6. The Bertz CT molecular complexity index is 1370. The lowest BCUT2D eigenvalue weighted by Gasteiger charge is -2.23. The number of nitrogens with zero attached hydrogens (tertiary/aromatic N) is 1. The summed E-state index contributed by atoms with van der Waals surface area (Å²) in [6.45, 7) is 0.425. The predicted molar refractivity (Wildman–Crippen MR) is 152 cm³/mol. The van der Waals surface area contributed by atoms with Crippen LogP contribution in [-0.4, -0.2) is 34.0 Å². The molecule has 0 saturated heterocycles. The lowest BCUT2D eigenvalue weighted by Crippen LogP contribution is -2.49. The van der Waals surface area contributed by atoms with Crippen LogP contribution in [0.25, 0.3) is 0 Å². The van der Waals surface area contributed by atoms with Crippen molar-refractivity contribution in [2.24, 2.45) is 0 Å². The minimum atomic E-state index is -1.09. The molecule has 3 aromatic carbocycles. The first-order valence-corrected chi connectivity index (χ1v) is 12.8. The van der Waals surface area contributed by atoms with Gasteiger partial charge in [0.15, 0.2) is 0 Å². The lowest BCUT2D eigenvalue weighted by molar-refractivity contribution is -0.129. The molecule has 1 atom stereocenters. The molecule has 1 aromatic heterocycles. The zero-order valence-electron chi connectivity index (χ0n) is 21.8. The SMILES string of the molecule is Nc1ccc(CC(NC(=O)C(c2ccccc2)c2ccccc2)C(=O)NCc2ccc(CNC(=O)O)cc2)cn1. The van der Waals surface area contributed by atoms with Gasteiger partial charge in [-0.25, -0.2) is 9.78 Å². The van der Waals surface area contributed by atoms with Gasteiger partial charge in [0.05, 0.1) is 5.92 Å². The van der Waals surface area contributed by atoms with E-state index in [2.05, 4.69) is 20.9 Å². The van der Waals surface area contributed by atoms with Crippen LogP contribution in [0.2, 0.25) is 0 Å². The number of hydrogen-bond acceptors (Lipinski definition) is 5. The highest BCUT2D eigenvalue weighted by Crippen LogP contribution is 2.25. The number of carboxylic acid groups (broad SMARTS) is 1. The van der Waals surface area contributed by atoms with E-state index in [4.69, 9.17) is 10.8 Å². The predicted octanol–water partition coefficient (Wildman–Crippen LogP) is 3.61. The zero-order chi connectivity index (χ0) is 28.3. The van der Waals surface area contributed by atoms with Crippen molar-refractivity contribution in [2.45, 2.75) is 31.5 Å². The number of anilines is 1. The normalized spacial score (nSPS) is 11.4. The molecule has 9 nitrogen and oxygen atoms in total. The van der Waals surface area contributed by atoms with E-state index in [-0.39, 0.29) is 31.3 Å². The van der Waals surface area contributed by atoms with Crippen LogP contribution in [0.4, 0.5) is 10.6 Å². The second-order valence-corrected chi connectivity index (χ2v) is 9.30. The van der Waals surface area contributed by atoms with Crippen LogP contribution in [-0.2, 0) is 29.1 Å². The maximum atomic E-state index is 13.8. The molecule has 4 aromatic rings. The molecule has 6 N–H and O–H groups in total. The van der Waals surface area contributed by atoms with Gasteiger partial charge in [0.1, 0.15) is 11.9 Å². The van der Waals surface area contributed by atoms with Gasteiger partial charge in [-0.1, -0.05) is 91.0 Å². The largest absolute Gasteiger partial charge is 0.465 e. The molecule has 0 saturated carbocycles. The Morgan fingerprint density at radius 1 is 0.700 bits per heavy atom. The van der Waals surface area contributed by atoms with Crippen molar-refractivity contribution in [3.05, 3.63) is 131 Å². The molecule has 204 valence electrons. The van der Waals surface area contributed by atoms with Crippen LogP contribution >= 0.6 is 0 Å². The highest BCUT2D eigenvalue weighted by molar-refractivity contribution is 5.92. The summed E-state index contributed by atoms with van der Waals surface area (Å²) < 4.78 is 0. The number of nitrogens with one attached hydrogen (secondary N) is 3. The van der Waals surface area contributed by atoms with Crippen LogP contribution in [0.15, 0.2) is 103 Å². The maximum Gasteiger partial charge on any atom is 0.404 e. The number of carbonyl (C=O) groups excluding carboxylic acids is 2. The van der Waals surface area contributed by atoms with Gasteiger partial charge >= 0.3 is 6.09 Å². The fourth-order valence-electron chi connectivity index (χ4n) is 4.31. The third-order valence-corrected chi connectivity index (χ3v) is 6.38. The Morgan fingerprint density at radius 2 is 1.23 bits per heavy atom. The zero-order valence-corrected chi connectivity index (χ0v) is 21.8. The summed E-state index contributed by atoms with van der Waals surface area (Å²) in [7, 11) is 0. The quantitative estimate of drug-likeness (QED) is 0.198. The van der Waals surface area contributed by atoms with Crippen molar-refractivity contribution in [2.75, 3.05) is 5.73 Å². The number of rotatable bonds is 11. The smallest absolute Gasteiger partial charge is 0.404 e. The molecule has 0 radical (unpaired) electrons. The Balaban J connectivity index is 1.51. The van der Waals surface area contributed by atoms with E-state index in [1.54, 1.807) is 30.5 Å². The van der Waals surface area contributed by atoms with Gasteiger partial charge in [-0.05, 0) is 33.9 Å². The molecule has 0 aliphatic rings. The number of benzene rings is 3. The van der Waals surface area contributed by atoms with Gasteiger partial charge in [-0.15, -0.1) is 0 Å². The van der Waals surface area contributed by atoms with E-state index in [0.29, 0.717) is 5.82 Å². The number of nitrogen functional groups attached to an aromatic ring is 1. The van der Waals surface area contributed by atoms with Crippen molar-refractivity contribution in [3.63, 3.8) is 0 Å². The first-order valence-electron chi connectivity index (χ1n) is 12.8. The van der Waals surface area contributed by atoms with Crippen molar-refractivity contribution in [1.29, 1.82) is 0 Å². The number of carbonyl (C=O) groups is 3. The molecular weight excluding hydrogens is 506 g/mol. The standard InChI is InChI=1S/C31H31N5O4/c32-27-16-15-23(20-33-27)17-26(29(37)34-18-21-11-13-22(14-12-21)19-35-31(39)40)36-30(38)28(24-7-3-1-4-8-24)25-9-5-2-6-10-25/h1-16,20,26,28,35H,17-19H2,(H2,32,33)(H,34,37)(H,36,38)(H,39,40). The summed E-state index contributed by atoms with van der Waals surface area (Å²) in [5, 5.41) is 17.0. The van der Waals surface area contributed by atoms with Gasteiger partial charge in [0.2, 0.25) is 11.8 Å². The summed E-state index contributed by atoms with van der Waals surface area (Å²) in [5.41, 5.74) is 9.74. The number of hydrogen-bond donors (Lipinski definition) is 5. The van der Waals surface area contributed by atoms with Crippen molar-refractivity contribution in [1.82, 2.24) is 20.9 Å². The van der Waals surface area contributed by atoms with Crippen LogP contribution in [0, 0.1) is 0 Å². The van der Waals surface area contributed by atoms with E-state index in [9.17, 15) is 14.4 Å². The molecular formula is C31H31N5O4. The van der Waals surface area contributed by atoms with Gasteiger partial charge in [-0.2, -0.15) is 0 Å². The molecule has 1 heterocycles. The van der Waals surface area contributed by atoms with Gasteiger partial charge in [0.25, 0.3) is 0 Å². The summed E-state index contributed by atoms with van der Waals surface area (Å²) in [4.78, 5) is 42.0. The van der Waals surface area contributed by atoms with Crippen molar-refractivity contribution < 1.29 is 19.5 Å². The maximum absolute atomic E-state index is 13.8. The molecule has 3 amide bonds. The molecule has 40 heavy (non-hydrogen) atoms. The highest BCUT2D eigenvalue weighted by Gasteiger charge is 2.28. The minimum absolute atomic E-state index is 0.190. The molecule has 4 rings (SSSR count). The summed E-state index contributed by atoms with van der Waals surface area (Å²) >= 11 is 0. The molecule has 1 unspecified atom stereocenters. The molecule has 0 bridgehead atoms. The van der Waals surface area contributed by atoms with Gasteiger partial charge < -0.3 is 26.8 Å². The van der Waals surface area contributed by atoms with Crippen LogP contribution < -0.4 is 21.7 Å². The van der Waals surface area contributed by atoms with Crippen molar-refractivity contribution in [3.8, 4) is 0 Å². The fraction of sp³-hybridized carbons (Fsp3) is 0.161. The van der Waals surface area contributed by atoms with Crippen LogP contribution in [0.3, 0.4) is 0 Å². The monoisotopic (exact) mass is 537 g/mol. The number of aromatic nitrogens is 1. The number of amides is 3. The summed E-state index contributed by atoms with van der Waals surface area (Å²) in [5.74, 6) is -0.879.